The van der Waals surface area contributed by atoms with Crippen molar-refractivity contribution >= 4 is 11.9 Å². The second-order valence-corrected chi connectivity index (χ2v) is 8.00. The summed E-state index contributed by atoms with van der Waals surface area (Å²) in [7, 11) is 0. The number of nitrogens with zero attached hydrogens (tertiary/aromatic N) is 2. The van der Waals surface area contributed by atoms with Crippen LogP contribution in [0.15, 0.2) is 48.7 Å². The molecule has 34 heavy (non-hydrogen) atoms. The molecule has 0 saturated heterocycles. The third-order valence-corrected chi connectivity index (χ3v) is 4.63. The van der Waals surface area contributed by atoms with E-state index < -0.39 is 29.4 Å². The molecule has 176 valence electrons. The summed E-state index contributed by atoms with van der Waals surface area (Å²) in [4.78, 5) is 20.3. The molecule has 0 aliphatic rings. The highest BCUT2D eigenvalue weighted by molar-refractivity contribution is 5.70. The van der Waals surface area contributed by atoms with Gasteiger partial charge in [0.1, 0.15) is 28.7 Å². The van der Waals surface area contributed by atoms with Gasteiger partial charge in [-0.15, -0.1) is 0 Å². The van der Waals surface area contributed by atoms with E-state index in [1.807, 2.05) is 0 Å². The van der Waals surface area contributed by atoms with Crippen LogP contribution in [0, 0.1) is 23.5 Å². The van der Waals surface area contributed by atoms with Crippen molar-refractivity contribution in [2.45, 2.75) is 31.9 Å². The molecular formula is C24H23F2N5O3. The van der Waals surface area contributed by atoms with Crippen molar-refractivity contribution in [3.63, 3.8) is 0 Å². The number of benzene rings is 1. The number of carboxylic acid groups (broad SMARTS) is 1. The van der Waals surface area contributed by atoms with Gasteiger partial charge in [-0.1, -0.05) is 5.92 Å². The number of rotatable bonds is 6. The number of nitrogens with two attached hydrogens (primary N) is 1. The maximum Gasteiger partial charge on any atom is 0.405 e. The first kappa shape index (κ1) is 24.6. The van der Waals surface area contributed by atoms with Crippen molar-refractivity contribution < 1.29 is 23.8 Å². The van der Waals surface area contributed by atoms with E-state index in [0.29, 0.717) is 16.9 Å². The van der Waals surface area contributed by atoms with Gasteiger partial charge in [0, 0.05) is 23.4 Å². The number of aliphatic hydroxyl groups is 1. The summed E-state index contributed by atoms with van der Waals surface area (Å²) < 4.78 is 27.6. The van der Waals surface area contributed by atoms with Crippen LogP contribution < -0.4 is 16.6 Å². The van der Waals surface area contributed by atoms with Gasteiger partial charge in [-0.05, 0) is 68.2 Å². The Morgan fingerprint density at radius 1 is 1.18 bits per heavy atom. The molecule has 3 aromatic rings. The highest BCUT2D eigenvalue weighted by atomic mass is 19.1. The Labute approximate surface area is 194 Å². The molecular weight excluding hydrogens is 444 g/mol. The summed E-state index contributed by atoms with van der Waals surface area (Å²) in [6, 6.07) is 8.65. The van der Waals surface area contributed by atoms with Crippen LogP contribution in [-0.4, -0.2) is 31.9 Å². The highest BCUT2D eigenvalue weighted by Crippen LogP contribution is 2.30. The van der Waals surface area contributed by atoms with Gasteiger partial charge < -0.3 is 21.0 Å². The minimum Gasteiger partial charge on any atom is -0.465 e. The maximum atomic E-state index is 13.8. The molecule has 1 unspecified atom stereocenters. The molecule has 0 radical (unpaired) electrons. The van der Waals surface area contributed by atoms with Crippen molar-refractivity contribution in [2.75, 3.05) is 5.43 Å². The van der Waals surface area contributed by atoms with Crippen LogP contribution in [0.1, 0.15) is 36.8 Å². The molecule has 6 N–H and O–H groups in total. The predicted octanol–water partition coefficient (Wildman–Crippen LogP) is 3.38. The molecule has 2 heterocycles. The van der Waals surface area contributed by atoms with E-state index in [0.717, 1.165) is 18.2 Å². The molecule has 1 atom stereocenters. The molecule has 0 aliphatic carbocycles. The van der Waals surface area contributed by atoms with E-state index in [1.54, 1.807) is 24.3 Å². The van der Waals surface area contributed by atoms with E-state index in [4.69, 9.17) is 5.84 Å². The number of pyridine rings is 2. The number of anilines is 1. The first-order valence-corrected chi connectivity index (χ1v) is 10.2. The minimum atomic E-state index is -1.34. The lowest BCUT2D eigenvalue weighted by molar-refractivity contribution is 0.143. The number of hydrazine groups is 1. The second-order valence-electron chi connectivity index (χ2n) is 8.00. The van der Waals surface area contributed by atoms with Crippen LogP contribution in [0.4, 0.5) is 19.4 Å². The van der Waals surface area contributed by atoms with Crippen LogP contribution >= 0.6 is 0 Å². The summed E-state index contributed by atoms with van der Waals surface area (Å²) >= 11 is 0. The molecule has 0 aliphatic heterocycles. The second kappa shape index (κ2) is 10.2. The third kappa shape index (κ3) is 6.71. The fourth-order valence-electron chi connectivity index (χ4n) is 3.24. The van der Waals surface area contributed by atoms with Crippen molar-refractivity contribution in [2.24, 2.45) is 5.84 Å². The standard InChI is InChI=1S/C24H23F2N5O3/c1-24(2,34)8-7-18-4-5-19(15-3-6-21(31-27)28-13-15)22(29-18)20(30-23(32)33)11-14-9-16(25)12-17(26)10-14/h3-6,9-10,12-13,20,30,34H,11,27H2,1-2H3,(H,28,31)(H,32,33). The number of nitrogens with one attached hydrogen (secondary N) is 2. The third-order valence-electron chi connectivity index (χ3n) is 4.63. The fourth-order valence-corrected chi connectivity index (χ4v) is 3.24. The van der Waals surface area contributed by atoms with Gasteiger partial charge in [0.2, 0.25) is 0 Å². The molecule has 0 fully saturated rings. The van der Waals surface area contributed by atoms with Crippen molar-refractivity contribution in [3.8, 4) is 23.0 Å². The SMILES string of the molecule is CC(C)(O)C#Cc1ccc(-c2ccc(NN)nc2)c(C(Cc2cc(F)cc(F)c2)NC(=O)O)n1. The lowest BCUT2D eigenvalue weighted by atomic mass is 9.95. The van der Waals surface area contributed by atoms with Crippen LogP contribution in [0.3, 0.4) is 0 Å². The van der Waals surface area contributed by atoms with E-state index in [2.05, 4.69) is 32.6 Å². The Balaban J connectivity index is 2.15. The van der Waals surface area contributed by atoms with Gasteiger partial charge in [0.05, 0.1) is 11.7 Å². The number of hydrogen-bond donors (Lipinski definition) is 5. The molecule has 10 heteroatoms. The monoisotopic (exact) mass is 467 g/mol. The smallest absolute Gasteiger partial charge is 0.405 e. The molecule has 0 spiro atoms. The Bertz CT molecular complexity index is 1230. The molecule has 0 saturated carbocycles. The van der Waals surface area contributed by atoms with E-state index in [-0.39, 0.29) is 23.4 Å². The molecule has 0 bridgehead atoms. The average Bonchev–Trinajstić information content (AvgIpc) is 2.76. The number of carbonyl (C=O) groups is 1. The van der Waals surface area contributed by atoms with Gasteiger partial charge in [-0.25, -0.2) is 29.4 Å². The summed E-state index contributed by atoms with van der Waals surface area (Å²) in [6.45, 7) is 3.03. The Morgan fingerprint density at radius 3 is 2.44 bits per heavy atom. The molecule has 1 amide bonds. The lowest BCUT2D eigenvalue weighted by Crippen LogP contribution is -2.29. The van der Waals surface area contributed by atoms with Crippen LogP contribution in [-0.2, 0) is 6.42 Å². The zero-order valence-corrected chi connectivity index (χ0v) is 18.4. The number of aromatic nitrogens is 2. The average molecular weight is 467 g/mol. The van der Waals surface area contributed by atoms with Crippen LogP contribution in [0.25, 0.3) is 11.1 Å². The molecule has 8 nitrogen and oxygen atoms in total. The Kier molecular flexibility index (Phi) is 7.40. The van der Waals surface area contributed by atoms with E-state index in [1.165, 1.54) is 20.0 Å². The minimum absolute atomic E-state index is 0.0841. The maximum absolute atomic E-state index is 13.8. The Hall–Kier alpha value is -4.07. The fraction of sp³-hybridized carbons (Fsp3) is 0.208. The largest absolute Gasteiger partial charge is 0.465 e. The number of halogens is 2. The van der Waals surface area contributed by atoms with Gasteiger partial charge in [-0.3, -0.25) is 0 Å². The van der Waals surface area contributed by atoms with Gasteiger partial charge in [-0.2, -0.15) is 0 Å². The van der Waals surface area contributed by atoms with Gasteiger partial charge in [0.15, 0.2) is 0 Å². The lowest BCUT2D eigenvalue weighted by Gasteiger charge is -2.20. The van der Waals surface area contributed by atoms with Crippen molar-refractivity contribution in [1.82, 2.24) is 15.3 Å². The normalized spacial score (nSPS) is 11.8. The first-order chi connectivity index (χ1) is 16.0. The Morgan fingerprint density at radius 2 is 1.88 bits per heavy atom. The number of nitrogen functional groups attached to an aromatic ring is 1. The summed E-state index contributed by atoms with van der Waals surface area (Å²) in [5, 5.41) is 21.8. The van der Waals surface area contributed by atoms with E-state index in [9.17, 15) is 23.8 Å². The van der Waals surface area contributed by atoms with Crippen molar-refractivity contribution in [1.29, 1.82) is 0 Å². The predicted molar refractivity (Wildman–Crippen MR) is 122 cm³/mol. The summed E-state index contributed by atoms with van der Waals surface area (Å²) in [6.07, 6.45) is 0.0972. The first-order valence-electron chi connectivity index (χ1n) is 10.2. The van der Waals surface area contributed by atoms with Crippen LogP contribution in [0.5, 0.6) is 0 Å². The summed E-state index contributed by atoms with van der Waals surface area (Å²) in [5.41, 5.74) is 3.06. The quantitative estimate of drug-likeness (QED) is 0.213. The van der Waals surface area contributed by atoms with Crippen molar-refractivity contribution in [3.05, 3.63) is 77.2 Å². The zero-order valence-electron chi connectivity index (χ0n) is 18.4. The number of amides is 1. The van der Waals surface area contributed by atoms with E-state index >= 15 is 0 Å². The zero-order chi connectivity index (χ0) is 24.9. The number of hydrogen-bond acceptors (Lipinski definition) is 6. The topological polar surface area (TPSA) is 133 Å². The van der Waals surface area contributed by atoms with Gasteiger partial charge in [0.25, 0.3) is 0 Å². The summed E-state index contributed by atoms with van der Waals surface area (Å²) in [5.74, 6) is 9.65. The highest BCUT2D eigenvalue weighted by Gasteiger charge is 2.22. The molecule has 2 aromatic heterocycles. The molecule has 3 rings (SSSR count). The van der Waals surface area contributed by atoms with Gasteiger partial charge >= 0.3 is 6.09 Å². The van der Waals surface area contributed by atoms with Crippen LogP contribution in [0.2, 0.25) is 0 Å². The molecule has 1 aromatic carbocycles.